The van der Waals surface area contributed by atoms with Crippen molar-refractivity contribution in [2.24, 2.45) is 15.4 Å². The lowest BCUT2D eigenvalue weighted by molar-refractivity contribution is 0.240. The largest absolute Gasteiger partial charge is 0.478 e. The predicted octanol–water partition coefficient (Wildman–Crippen LogP) is 5.91. The van der Waals surface area contributed by atoms with Gasteiger partial charge in [0.05, 0.1) is 0 Å². The van der Waals surface area contributed by atoms with E-state index in [-0.39, 0.29) is 17.5 Å². The van der Waals surface area contributed by atoms with E-state index in [0.29, 0.717) is 13.2 Å². The molecule has 0 spiro atoms. The maximum absolute atomic E-state index is 6.22. The molecule has 4 rings (SSSR count). The Morgan fingerprint density at radius 1 is 0.793 bits per heavy atom. The molecule has 0 N–H and O–H groups in total. The van der Waals surface area contributed by atoms with Crippen molar-refractivity contribution in [3.05, 3.63) is 71.8 Å². The first-order valence-corrected chi connectivity index (χ1v) is 10.8. The molecule has 0 aliphatic carbocycles. The topological polar surface area (TPSA) is 43.2 Å². The highest BCUT2D eigenvalue weighted by Crippen LogP contribution is 2.41. The zero-order valence-corrected chi connectivity index (χ0v) is 17.4. The molecule has 2 aliphatic heterocycles. The molecule has 2 unspecified atom stereocenters. The standard InChI is InChI=1S/C25H30N2O2/c1-3-5-16-25(4-2,23-26-21(17-28-23)19-12-8-6-9-13-19)24-27-22(18-29-24)20-14-10-7-11-15-20/h6-15,21-22H,3-5,16-18H2,1-2H3. The van der Waals surface area contributed by atoms with Crippen LogP contribution in [0.4, 0.5) is 0 Å². The summed E-state index contributed by atoms with van der Waals surface area (Å²) in [6, 6.07) is 20.9. The van der Waals surface area contributed by atoms with Crippen molar-refractivity contribution in [1.29, 1.82) is 0 Å². The first kappa shape index (κ1) is 19.7. The summed E-state index contributed by atoms with van der Waals surface area (Å²) in [6.07, 6.45) is 4.02. The summed E-state index contributed by atoms with van der Waals surface area (Å²) in [6.45, 7) is 5.58. The Hall–Kier alpha value is -2.62. The van der Waals surface area contributed by atoms with Gasteiger partial charge in [-0.2, -0.15) is 0 Å². The van der Waals surface area contributed by atoms with Gasteiger partial charge < -0.3 is 9.47 Å². The zero-order valence-electron chi connectivity index (χ0n) is 17.4. The molecule has 0 saturated heterocycles. The Balaban J connectivity index is 1.66. The molecule has 0 amide bonds. The quantitative estimate of drug-likeness (QED) is 0.562. The van der Waals surface area contributed by atoms with Gasteiger partial charge in [0.15, 0.2) is 11.8 Å². The molecule has 0 radical (unpaired) electrons. The van der Waals surface area contributed by atoms with E-state index in [4.69, 9.17) is 19.5 Å². The fourth-order valence-corrected chi connectivity index (χ4v) is 4.23. The number of hydrogen-bond acceptors (Lipinski definition) is 4. The third-order valence-corrected chi connectivity index (χ3v) is 6.05. The van der Waals surface area contributed by atoms with Gasteiger partial charge in [0.1, 0.15) is 30.7 Å². The van der Waals surface area contributed by atoms with Crippen molar-refractivity contribution in [3.8, 4) is 0 Å². The molecule has 29 heavy (non-hydrogen) atoms. The summed E-state index contributed by atoms with van der Waals surface area (Å²) in [7, 11) is 0. The predicted molar refractivity (Wildman–Crippen MR) is 117 cm³/mol. The van der Waals surface area contributed by atoms with Crippen LogP contribution in [0.15, 0.2) is 70.6 Å². The molecule has 0 saturated carbocycles. The summed E-state index contributed by atoms with van der Waals surface area (Å²) >= 11 is 0. The molecule has 2 atom stereocenters. The van der Waals surface area contributed by atoms with E-state index in [9.17, 15) is 0 Å². The molecule has 2 aromatic rings. The van der Waals surface area contributed by atoms with Crippen LogP contribution in [0.3, 0.4) is 0 Å². The molecule has 2 aliphatic rings. The molecule has 152 valence electrons. The Kier molecular flexibility index (Phi) is 5.98. The highest BCUT2D eigenvalue weighted by Gasteiger charge is 2.47. The fraction of sp³-hybridized carbons (Fsp3) is 0.440. The van der Waals surface area contributed by atoms with Gasteiger partial charge in [0.2, 0.25) is 0 Å². The maximum atomic E-state index is 6.22. The Bertz CT molecular complexity index is 795. The normalized spacial score (nSPS) is 23.0. The zero-order chi connectivity index (χ0) is 20.1. The molecule has 0 bridgehead atoms. The maximum Gasteiger partial charge on any atom is 0.199 e. The van der Waals surface area contributed by atoms with Gasteiger partial charge in [0.25, 0.3) is 0 Å². The number of nitrogens with zero attached hydrogens (tertiary/aromatic N) is 2. The van der Waals surface area contributed by atoms with E-state index in [1.807, 2.05) is 12.1 Å². The minimum absolute atomic E-state index is 0.0469. The average Bonchev–Trinajstić information content (AvgIpc) is 3.47. The first-order valence-electron chi connectivity index (χ1n) is 10.8. The van der Waals surface area contributed by atoms with Crippen molar-refractivity contribution >= 4 is 11.8 Å². The molecule has 0 fully saturated rings. The van der Waals surface area contributed by atoms with Crippen LogP contribution in [0, 0.1) is 5.41 Å². The number of aliphatic imine (C=N–C) groups is 2. The number of rotatable bonds is 8. The van der Waals surface area contributed by atoms with Crippen LogP contribution in [0.5, 0.6) is 0 Å². The summed E-state index contributed by atoms with van der Waals surface area (Å²) in [5, 5.41) is 0. The number of hydrogen-bond donors (Lipinski definition) is 0. The molecule has 4 nitrogen and oxygen atoms in total. The van der Waals surface area contributed by atoms with E-state index in [1.54, 1.807) is 0 Å². The first-order chi connectivity index (χ1) is 14.3. The van der Waals surface area contributed by atoms with Crippen molar-refractivity contribution in [3.63, 3.8) is 0 Å². The summed E-state index contributed by atoms with van der Waals surface area (Å²) in [5.41, 5.74) is 2.02. The highest BCUT2D eigenvalue weighted by atomic mass is 16.5. The van der Waals surface area contributed by atoms with E-state index >= 15 is 0 Å². The van der Waals surface area contributed by atoms with E-state index in [1.165, 1.54) is 11.1 Å². The number of ether oxygens (including phenoxy) is 2. The SMILES string of the molecule is CCCCC(CC)(C1=NC(c2ccccc2)CO1)C1=NC(c2ccccc2)CO1. The van der Waals surface area contributed by atoms with Crippen molar-refractivity contribution in [1.82, 2.24) is 0 Å². The fourth-order valence-electron chi connectivity index (χ4n) is 4.23. The second-order valence-electron chi connectivity index (χ2n) is 7.88. The highest BCUT2D eigenvalue weighted by molar-refractivity contribution is 6.06. The third kappa shape index (κ3) is 3.93. The van der Waals surface area contributed by atoms with Gasteiger partial charge in [-0.05, 0) is 24.0 Å². The van der Waals surface area contributed by atoms with E-state index < -0.39 is 0 Å². The van der Waals surface area contributed by atoms with Crippen LogP contribution in [0.2, 0.25) is 0 Å². The van der Waals surface area contributed by atoms with Gasteiger partial charge >= 0.3 is 0 Å². The van der Waals surface area contributed by atoms with E-state index in [0.717, 1.165) is 37.5 Å². The van der Waals surface area contributed by atoms with Gasteiger partial charge in [0, 0.05) is 0 Å². The molecule has 2 heterocycles. The minimum Gasteiger partial charge on any atom is -0.478 e. The van der Waals surface area contributed by atoms with Crippen LogP contribution < -0.4 is 0 Å². The average molecular weight is 391 g/mol. The number of benzene rings is 2. The van der Waals surface area contributed by atoms with Gasteiger partial charge in [-0.25, -0.2) is 9.98 Å². The molecular weight excluding hydrogens is 360 g/mol. The second-order valence-corrected chi connectivity index (χ2v) is 7.88. The summed E-state index contributed by atoms with van der Waals surface area (Å²) in [4.78, 5) is 10.1. The van der Waals surface area contributed by atoms with Crippen LogP contribution in [-0.2, 0) is 9.47 Å². The van der Waals surface area contributed by atoms with Gasteiger partial charge in [-0.15, -0.1) is 0 Å². The molecule has 2 aromatic carbocycles. The number of unbranched alkanes of at least 4 members (excludes halogenated alkanes) is 1. The van der Waals surface area contributed by atoms with Crippen molar-refractivity contribution < 1.29 is 9.47 Å². The smallest absolute Gasteiger partial charge is 0.199 e. The lowest BCUT2D eigenvalue weighted by Gasteiger charge is -2.30. The minimum atomic E-state index is -0.372. The van der Waals surface area contributed by atoms with Crippen molar-refractivity contribution in [2.45, 2.75) is 51.6 Å². The van der Waals surface area contributed by atoms with Gasteiger partial charge in [-0.1, -0.05) is 87.4 Å². The molecule has 0 aromatic heterocycles. The van der Waals surface area contributed by atoms with Gasteiger partial charge in [-0.3, -0.25) is 0 Å². The monoisotopic (exact) mass is 390 g/mol. The lowest BCUT2D eigenvalue weighted by atomic mass is 9.79. The van der Waals surface area contributed by atoms with Crippen LogP contribution in [0.25, 0.3) is 0 Å². The molecule has 4 heteroatoms. The Morgan fingerprint density at radius 2 is 1.28 bits per heavy atom. The van der Waals surface area contributed by atoms with Crippen LogP contribution in [0.1, 0.15) is 62.7 Å². The summed E-state index contributed by atoms with van der Waals surface area (Å²) in [5.74, 6) is 1.60. The Labute approximate surface area is 173 Å². The second kappa shape index (κ2) is 8.81. The lowest BCUT2D eigenvalue weighted by Crippen LogP contribution is -2.39. The van der Waals surface area contributed by atoms with Crippen LogP contribution >= 0.6 is 0 Å². The van der Waals surface area contributed by atoms with E-state index in [2.05, 4.69) is 62.4 Å². The molecular formula is C25H30N2O2. The van der Waals surface area contributed by atoms with Crippen LogP contribution in [-0.4, -0.2) is 25.0 Å². The van der Waals surface area contributed by atoms with Crippen molar-refractivity contribution in [2.75, 3.05) is 13.2 Å². The Morgan fingerprint density at radius 3 is 1.69 bits per heavy atom. The third-order valence-electron chi connectivity index (χ3n) is 6.05. The summed E-state index contributed by atoms with van der Waals surface area (Å²) < 4.78 is 12.4.